The van der Waals surface area contributed by atoms with E-state index in [-0.39, 0.29) is 5.57 Å². The Balaban J connectivity index is 3.24. The third kappa shape index (κ3) is 3.51. The zero-order valence-corrected chi connectivity index (χ0v) is 12.0. The lowest BCUT2D eigenvalue weighted by atomic mass is 10.1. The quantitative estimate of drug-likeness (QED) is 0.634. The summed E-state index contributed by atoms with van der Waals surface area (Å²) in [6, 6.07) is 7.41. The number of nitriles is 1. The van der Waals surface area contributed by atoms with Crippen molar-refractivity contribution in [2.75, 3.05) is 25.1 Å². The van der Waals surface area contributed by atoms with Gasteiger partial charge in [-0.05, 0) is 32.1 Å². The van der Waals surface area contributed by atoms with Crippen LogP contribution in [0.25, 0.3) is 6.08 Å². The summed E-state index contributed by atoms with van der Waals surface area (Å²) < 4.78 is 5.32. The van der Waals surface area contributed by atoms with Crippen LogP contribution in [0.3, 0.4) is 0 Å². The topological polar surface area (TPSA) is 79.4 Å². The number of carbonyl (C=O) groups excluding carboxylic acids is 1. The third-order valence-corrected chi connectivity index (χ3v) is 3.03. The SMILES string of the molecule is CCN(CC)c1ccc(C=C(C#N)C(N)=O)c(OC)c1. The summed E-state index contributed by atoms with van der Waals surface area (Å²) in [5.41, 5.74) is 6.71. The number of ether oxygens (including phenoxy) is 1. The summed E-state index contributed by atoms with van der Waals surface area (Å²) in [6.45, 7) is 5.93. The van der Waals surface area contributed by atoms with E-state index in [0.29, 0.717) is 11.3 Å². The summed E-state index contributed by atoms with van der Waals surface area (Å²) in [5, 5.41) is 8.87. The highest BCUT2D eigenvalue weighted by Crippen LogP contribution is 2.27. The molecule has 0 saturated carbocycles. The minimum absolute atomic E-state index is 0.0983. The number of nitrogens with two attached hydrogens (primary N) is 1. The summed E-state index contributed by atoms with van der Waals surface area (Å²) in [6.07, 6.45) is 1.44. The second kappa shape index (κ2) is 7.19. The molecule has 1 aromatic carbocycles. The van der Waals surface area contributed by atoms with Crippen LogP contribution in [0.5, 0.6) is 5.75 Å². The van der Waals surface area contributed by atoms with E-state index < -0.39 is 5.91 Å². The lowest BCUT2D eigenvalue weighted by Crippen LogP contribution is -2.21. The first kappa shape index (κ1) is 15.6. The summed E-state index contributed by atoms with van der Waals surface area (Å²) >= 11 is 0. The first-order valence-electron chi connectivity index (χ1n) is 6.41. The molecule has 0 aliphatic carbocycles. The predicted octanol–water partition coefficient (Wildman–Crippen LogP) is 1.93. The number of hydrogen-bond donors (Lipinski definition) is 1. The first-order valence-corrected chi connectivity index (χ1v) is 6.41. The maximum atomic E-state index is 11.1. The monoisotopic (exact) mass is 273 g/mol. The molecule has 0 fully saturated rings. The number of rotatable bonds is 6. The Morgan fingerprint density at radius 3 is 2.55 bits per heavy atom. The molecule has 0 heterocycles. The fraction of sp³-hybridized carbons (Fsp3) is 0.333. The van der Waals surface area contributed by atoms with Gasteiger partial charge in [0.1, 0.15) is 17.4 Å². The smallest absolute Gasteiger partial charge is 0.259 e. The van der Waals surface area contributed by atoms with E-state index in [4.69, 9.17) is 15.7 Å². The number of anilines is 1. The number of primary amides is 1. The maximum Gasteiger partial charge on any atom is 0.259 e. The number of methoxy groups -OCH3 is 1. The van der Waals surface area contributed by atoms with Crippen molar-refractivity contribution in [1.29, 1.82) is 5.26 Å². The average molecular weight is 273 g/mol. The highest BCUT2D eigenvalue weighted by molar-refractivity contribution is 6.00. The number of amides is 1. The van der Waals surface area contributed by atoms with Gasteiger partial charge in [-0.15, -0.1) is 0 Å². The molecule has 0 bridgehead atoms. The van der Waals surface area contributed by atoms with E-state index in [0.717, 1.165) is 18.8 Å². The fourth-order valence-electron chi connectivity index (χ4n) is 1.92. The minimum atomic E-state index is -0.748. The van der Waals surface area contributed by atoms with Crippen molar-refractivity contribution in [3.8, 4) is 11.8 Å². The van der Waals surface area contributed by atoms with Crippen molar-refractivity contribution in [3.63, 3.8) is 0 Å². The lowest BCUT2D eigenvalue weighted by molar-refractivity contribution is -0.114. The van der Waals surface area contributed by atoms with Crippen LogP contribution >= 0.6 is 0 Å². The largest absolute Gasteiger partial charge is 0.496 e. The van der Waals surface area contributed by atoms with Crippen molar-refractivity contribution >= 4 is 17.7 Å². The molecule has 5 nitrogen and oxygen atoms in total. The molecule has 5 heteroatoms. The normalized spacial score (nSPS) is 10.8. The minimum Gasteiger partial charge on any atom is -0.496 e. The van der Waals surface area contributed by atoms with Gasteiger partial charge < -0.3 is 15.4 Å². The van der Waals surface area contributed by atoms with Gasteiger partial charge in [0.05, 0.1) is 7.11 Å². The maximum absolute atomic E-state index is 11.1. The van der Waals surface area contributed by atoms with Crippen molar-refractivity contribution in [1.82, 2.24) is 0 Å². The van der Waals surface area contributed by atoms with E-state index in [2.05, 4.69) is 18.7 Å². The Kier molecular flexibility index (Phi) is 5.60. The molecule has 0 atom stereocenters. The van der Waals surface area contributed by atoms with Gasteiger partial charge in [0.15, 0.2) is 0 Å². The average Bonchev–Trinajstić information content (AvgIpc) is 2.46. The van der Waals surface area contributed by atoms with Crippen molar-refractivity contribution in [2.24, 2.45) is 5.73 Å². The van der Waals surface area contributed by atoms with Crippen LogP contribution in [0, 0.1) is 11.3 Å². The molecule has 0 aromatic heterocycles. The number of hydrogen-bond acceptors (Lipinski definition) is 4. The van der Waals surface area contributed by atoms with Crippen molar-refractivity contribution < 1.29 is 9.53 Å². The van der Waals surface area contributed by atoms with Crippen LogP contribution in [0.15, 0.2) is 23.8 Å². The van der Waals surface area contributed by atoms with Gasteiger partial charge in [-0.3, -0.25) is 4.79 Å². The van der Waals surface area contributed by atoms with Gasteiger partial charge in [0.2, 0.25) is 0 Å². The van der Waals surface area contributed by atoms with E-state index in [1.54, 1.807) is 13.2 Å². The van der Waals surface area contributed by atoms with Crippen LogP contribution in [0.2, 0.25) is 0 Å². The third-order valence-electron chi connectivity index (χ3n) is 3.03. The molecular formula is C15H19N3O2. The van der Waals surface area contributed by atoms with Crippen LogP contribution in [-0.2, 0) is 4.79 Å². The Bertz CT molecular complexity index is 555. The van der Waals surface area contributed by atoms with E-state index in [1.165, 1.54) is 6.08 Å². The lowest BCUT2D eigenvalue weighted by Gasteiger charge is -2.22. The molecule has 1 amide bonds. The molecule has 0 radical (unpaired) electrons. The van der Waals surface area contributed by atoms with E-state index >= 15 is 0 Å². The van der Waals surface area contributed by atoms with Crippen LogP contribution in [0.1, 0.15) is 19.4 Å². The highest BCUT2D eigenvalue weighted by Gasteiger charge is 2.09. The molecule has 0 saturated heterocycles. The molecule has 1 rings (SSSR count). The summed E-state index contributed by atoms with van der Waals surface area (Å²) in [7, 11) is 1.55. The van der Waals surface area contributed by atoms with Crippen LogP contribution in [-0.4, -0.2) is 26.1 Å². The summed E-state index contributed by atoms with van der Waals surface area (Å²) in [4.78, 5) is 13.3. The Hall–Kier alpha value is -2.48. The molecule has 0 aliphatic heterocycles. The molecule has 0 aliphatic rings. The molecule has 2 N–H and O–H groups in total. The summed E-state index contributed by atoms with van der Waals surface area (Å²) in [5.74, 6) is -0.147. The van der Waals surface area contributed by atoms with Crippen molar-refractivity contribution in [3.05, 3.63) is 29.3 Å². The number of nitrogens with zero attached hydrogens (tertiary/aromatic N) is 2. The van der Waals surface area contributed by atoms with Crippen LogP contribution in [0.4, 0.5) is 5.69 Å². The number of carbonyl (C=O) groups is 1. The number of benzene rings is 1. The zero-order valence-electron chi connectivity index (χ0n) is 12.0. The van der Waals surface area contributed by atoms with Gasteiger partial charge in [0, 0.05) is 30.4 Å². The Morgan fingerprint density at radius 1 is 1.45 bits per heavy atom. The van der Waals surface area contributed by atoms with Gasteiger partial charge in [0.25, 0.3) is 5.91 Å². The van der Waals surface area contributed by atoms with E-state index in [1.807, 2.05) is 18.2 Å². The first-order chi connectivity index (χ1) is 9.57. The molecule has 106 valence electrons. The van der Waals surface area contributed by atoms with Gasteiger partial charge >= 0.3 is 0 Å². The van der Waals surface area contributed by atoms with Crippen molar-refractivity contribution in [2.45, 2.75) is 13.8 Å². The highest BCUT2D eigenvalue weighted by atomic mass is 16.5. The standard InChI is InChI=1S/C15H19N3O2/c1-4-18(5-2)13-7-6-11(14(9-13)20-3)8-12(10-16)15(17)19/h6-9H,4-5H2,1-3H3,(H2,17,19). The molecule has 1 aromatic rings. The molecule has 20 heavy (non-hydrogen) atoms. The molecule has 0 spiro atoms. The Labute approximate surface area is 119 Å². The van der Waals surface area contributed by atoms with Gasteiger partial charge in [-0.2, -0.15) is 5.26 Å². The zero-order chi connectivity index (χ0) is 15.1. The molecular weight excluding hydrogens is 254 g/mol. The Morgan fingerprint density at radius 2 is 2.10 bits per heavy atom. The van der Waals surface area contributed by atoms with Gasteiger partial charge in [-0.25, -0.2) is 0 Å². The molecule has 0 unspecified atom stereocenters. The predicted molar refractivity (Wildman–Crippen MR) is 79.3 cm³/mol. The van der Waals surface area contributed by atoms with Crippen LogP contribution < -0.4 is 15.4 Å². The van der Waals surface area contributed by atoms with E-state index in [9.17, 15) is 4.79 Å². The second-order valence-electron chi connectivity index (χ2n) is 4.13. The second-order valence-corrected chi connectivity index (χ2v) is 4.13. The fourth-order valence-corrected chi connectivity index (χ4v) is 1.92. The van der Waals surface area contributed by atoms with Gasteiger partial charge in [-0.1, -0.05) is 0 Å².